The third-order valence-corrected chi connectivity index (χ3v) is 4.46. The molecule has 6 nitrogen and oxygen atoms in total. The molecule has 0 aliphatic heterocycles. The number of hydrogen-bond donors (Lipinski definition) is 3. The predicted molar refractivity (Wildman–Crippen MR) is 72.6 cm³/mol. The first-order valence-electron chi connectivity index (χ1n) is 5.80. The zero-order valence-electron chi connectivity index (χ0n) is 11.1. The van der Waals surface area contributed by atoms with Crippen LogP contribution in [0.25, 0.3) is 0 Å². The molecule has 0 spiro atoms. The Bertz CT molecular complexity index is 554. The highest BCUT2D eigenvalue weighted by Gasteiger charge is 2.30. The van der Waals surface area contributed by atoms with Crippen molar-refractivity contribution in [3.63, 3.8) is 0 Å². The molecule has 0 amide bonds. The summed E-state index contributed by atoms with van der Waals surface area (Å²) in [4.78, 5) is 11.3. The van der Waals surface area contributed by atoms with Gasteiger partial charge in [0.05, 0.1) is 4.90 Å². The molecule has 0 saturated heterocycles. The second kappa shape index (κ2) is 5.58. The van der Waals surface area contributed by atoms with Crippen molar-refractivity contribution in [2.75, 3.05) is 12.4 Å². The van der Waals surface area contributed by atoms with Gasteiger partial charge in [0.1, 0.15) is 5.54 Å². The van der Waals surface area contributed by atoms with E-state index in [2.05, 4.69) is 10.0 Å². The molecule has 3 N–H and O–H groups in total. The summed E-state index contributed by atoms with van der Waals surface area (Å²) in [5.74, 6) is -0.957. The molecule has 1 unspecified atom stereocenters. The molecule has 0 bridgehead atoms. The van der Waals surface area contributed by atoms with E-state index in [-0.39, 0.29) is 4.90 Å². The predicted octanol–water partition coefficient (Wildman–Crippen LogP) is 1.26. The van der Waals surface area contributed by atoms with Gasteiger partial charge < -0.3 is 10.4 Å². The smallest absolute Gasteiger partial charge is 0.329 e. The van der Waals surface area contributed by atoms with Crippen LogP contribution >= 0.6 is 0 Å². The van der Waals surface area contributed by atoms with Crippen LogP contribution in [0, 0.1) is 0 Å². The Balaban J connectivity index is 2.98. The van der Waals surface area contributed by atoms with E-state index in [1.54, 1.807) is 26.0 Å². The highest BCUT2D eigenvalue weighted by Crippen LogP contribution is 2.20. The summed E-state index contributed by atoms with van der Waals surface area (Å²) in [6.45, 7) is 3.34. The Kier molecular flexibility index (Phi) is 4.54. The van der Waals surface area contributed by atoms with Crippen LogP contribution in [0.3, 0.4) is 0 Å². The molecule has 106 valence electrons. The first kappa shape index (κ1) is 15.5. The van der Waals surface area contributed by atoms with Crippen LogP contribution in [-0.2, 0) is 14.8 Å². The minimum atomic E-state index is -3.47. The number of carbonyl (C=O) groups is 1. The fraction of sp³-hybridized carbons (Fsp3) is 0.417. The SMILES string of the molecule is CCC(C)(Nc1ccc(S(=O)(=O)NC)cc1)C(=O)O. The van der Waals surface area contributed by atoms with Gasteiger partial charge >= 0.3 is 5.97 Å². The zero-order chi connectivity index (χ0) is 14.7. The van der Waals surface area contributed by atoms with Crippen molar-refractivity contribution in [1.82, 2.24) is 4.72 Å². The maximum Gasteiger partial charge on any atom is 0.329 e. The molecule has 1 atom stereocenters. The van der Waals surface area contributed by atoms with Crippen molar-refractivity contribution < 1.29 is 18.3 Å². The Hall–Kier alpha value is -1.60. The van der Waals surface area contributed by atoms with E-state index in [1.165, 1.54) is 19.2 Å². The van der Waals surface area contributed by atoms with Gasteiger partial charge in [0.2, 0.25) is 10.0 Å². The van der Waals surface area contributed by atoms with Gasteiger partial charge in [-0.25, -0.2) is 17.9 Å². The molecule has 1 aromatic rings. The normalized spacial score (nSPS) is 14.7. The lowest BCUT2D eigenvalue weighted by Gasteiger charge is -2.25. The van der Waals surface area contributed by atoms with Crippen LogP contribution in [0.4, 0.5) is 5.69 Å². The lowest BCUT2D eigenvalue weighted by Crippen LogP contribution is -2.42. The summed E-state index contributed by atoms with van der Waals surface area (Å²) >= 11 is 0. The molecular weight excluding hydrogens is 268 g/mol. The van der Waals surface area contributed by atoms with Gasteiger partial charge in [-0.15, -0.1) is 0 Å². The van der Waals surface area contributed by atoms with Crippen LogP contribution < -0.4 is 10.0 Å². The van der Waals surface area contributed by atoms with E-state index >= 15 is 0 Å². The number of sulfonamides is 1. The number of hydrogen-bond acceptors (Lipinski definition) is 4. The maximum absolute atomic E-state index is 11.5. The second-order valence-corrected chi connectivity index (χ2v) is 6.23. The minimum absolute atomic E-state index is 0.133. The largest absolute Gasteiger partial charge is 0.480 e. The van der Waals surface area contributed by atoms with Gasteiger partial charge in [-0.2, -0.15) is 0 Å². The van der Waals surface area contributed by atoms with E-state index in [4.69, 9.17) is 5.11 Å². The molecule has 0 heterocycles. The van der Waals surface area contributed by atoms with E-state index in [0.29, 0.717) is 12.1 Å². The molecule has 19 heavy (non-hydrogen) atoms. The first-order valence-corrected chi connectivity index (χ1v) is 7.28. The third-order valence-electron chi connectivity index (χ3n) is 3.03. The number of aliphatic carboxylic acids is 1. The average molecular weight is 286 g/mol. The van der Waals surface area contributed by atoms with Gasteiger partial charge in [0.25, 0.3) is 0 Å². The Morgan fingerprint density at radius 1 is 1.32 bits per heavy atom. The zero-order valence-corrected chi connectivity index (χ0v) is 11.9. The van der Waals surface area contributed by atoms with E-state index in [0.717, 1.165) is 0 Å². The van der Waals surface area contributed by atoms with Crippen LogP contribution in [0.2, 0.25) is 0 Å². The third kappa shape index (κ3) is 3.45. The van der Waals surface area contributed by atoms with Crippen LogP contribution in [-0.4, -0.2) is 32.1 Å². The second-order valence-electron chi connectivity index (χ2n) is 4.35. The number of carboxylic acid groups (broad SMARTS) is 1. The molecule has 0 saturated carbocycles. The van der Waals surface area contributed by atoms with Crippen LogP contribution in [0.15, 0.2) is 29.2 Å². The number of benzene rings is 1. The van der Waals surface area contributed by atoms with Gasteiger partial charge in [-0.05, 0) is 44.7 Å². The minimum Gasteiger partial charge on any atom is -0.480 e. The summed E-state index contributed by atoms with van der Waals surface area (Å²) in [5, 5.41) is 12.0. The van der Waals surface area contributed by atoms with E-state index in [1.807, 2.05) is 0 Å². The highest BCUT2D eigenvalue weighted by atomic mass is 32.2. The fourth-order valence-corrected chi connectivity index (χ4v) is 2.18. The van der Waals surface area contributed by atoms with Crippen molar-refractivity contribution in [3.05, 3.63) is 24.3 Å². The maximum atomic E-state index is 11.5. The van der Waals surface area contributed by atoms with Crippen molar-refractivity contribution >= 4 is 21.7 Å². The summed E-state index contributed by atoms with van der Waals surface area (Å²) in [5.41, 5.74) is -0.523. The number of nitrogens with one attached hydrogen (secondary N) is 2. The van der Waals surface area contributed by atoms with Gasteiger partial charge in [-0.3, -0.25) is 0 Å². The lowest BCUT2D eigenvalue weighted by molar-refractivity contribution is -0.141. The summed E-state index contributed by atoms with van der Waals surface area (Å²) in [6, 6.07) is 5.93. The Labute approximate surface area is 112 Å². The molecule has 0 radical (unpaired) electrons. The Morgan fingerprint density at radius 2 is 1.84 bits per heavy atom. The monoisotopic (exact) mass is 286 g/mol. The number of rotatable bonds is 6. The summed E-state index contributed by atoms with van der Waals surface area (Å²) < 4.78 is 25.3. The van der Waals surface area contributed by atoms with E-state index < -0.39 is 21.5 Å². The van der Waals surface area contributed by atoms with Gasteiger partial charge in [0, 0.05) is 5.69 Å². The molecule has 1 aromatic carbocycles. The van der Waals surface area contributed by atoms with Crippen LogP contribution in [0.1, 0.15) is 20.3 Å². The van der Waals surface area contributed by atoms with Crippen molar-refractivity contribution in [3.8, 4) is 0 Å². The summed E-state index contributed by atoms with van der Waals surface area (Å²) in [7, 11) is -2.14. The quantitative estimate of drug-likeness (QED) is 0.731. The number of anilines is 1. The lowest BCUT2D eigenvalue weighted by atomic mass is 9.99. The van der Waals surface area contributed by atoms with Crippen molar-refractivity contribution in [2.24, 2.45) is 0 Å². The molecule has 7 heteroatoms. The fourth-order valence-electron chi connectivity index (χ4n) is 1.45. The standard InChI is InChI=1S/C12H18N2O4S/c1-4-12(2,11(15)16)14-9-5-7-10(8-6-9)19(17,18)13-3/h5-8,13-14H,4H2,1-3H3,(H,15,16). The van der Waals surface area contributed by atoms with Gasteiger partial charge in [-0.1, -0.05) is 6.92 Å². The summed E-state index contributed by atoms with van der Waals surface area (Å²) in [6.07, 6.45) is 0.402. The Morgan fingerprint density at radius 3 is 2.21 bits per heavy atom. The van der Waals surface area contributed by atoms with Gasteiger partial charge in [0.15, 0.2) is 0 Å². The molecule has 1 rings (SSSR count). The van der Waals surface area contributed by atoms with Crippen molar-refractivity contribution in [2.45, 2.75) is 30.7 Å². The van der Waals surface area contributed by atoms with Crippen molar-refractivity contribution in [1.29, 1.82) is 0 Å². The van der Waals surface area contributed by atoms with E-state index in [9.17, 15) is 13.2 Å². The molecule has 0 aliphatic rings. The number of carboxylic acids is 1. The first-order chi connectivity index (χ1) is 8.75. The molecule has 0 aromatic heterocycles. The molecular formula is C12H18N2O4S. The molecule has 0 fully saturated rings. The topological polar surface area (TPSA) is 95.5 Å². The molecule has 0 aliphatic carbocycles. The highest BCUT2D eigenvalue weighted by molar-refractivity contribution is 7.89. The van der Waals surface area contributed by atoms with Crippen LogP contribution in [0.5, 0.6) is 0 Å². The average Bonchev–Trinajstić information content (AvgIpc) is 2.39.